The summed E-state index contributed by atoms with van der Waals surface area (Å²) in [7, 11) is 0. The standard InChI is InChI=1S/C55H80O18/c1-24(23-56)5-6-26-11-32-33(61-26)13-28(58)52-46(65-32)19-41-35(70-52)14-29(59)53-47(66-41)20-43-49(71-53)22-55(4)51(69-43)10-8-31-45(73-55)18-40-37(63-31)15-39-38(64-40)16-42-48(67-39)21-54(3)50(68-42)9-7-30-44(72-54)17-36-34(62-30)12-27(57)25(2)60-36/h5,23,25-53,57-59H,6-22H2,1-4H3. The molecule has 0 saturated carbocycles. The van der Waals surface area contributed by atoms with E-state index in [1.807, 2.05) is 13.0 Å². The van der Waals surface area contributed by atoms with Crippen molar-refractivity contribution in [3.63, 3.8) is 0 Å². The highest BCUT2D eigenvalue weighted by Crippen LogP contribution is 2.52. The molecule has 0 aromatic heterocycles. The number of fused-ring (bicyclic) bond motifs is 13. The number of allylic oxidation sites excluding steroid dienone is 1. The molecule has 14 heterocycles. The van der Waals surface area contributed by atoms with Crippen LogP contribution in [0.4, 0.5) is 0 Å². The molecule has 0 spiro atoms. The van der Waals surface area contributed by atoms with Crippen LogP contribution in [-0.4, -0.2) is 210 Å². The van der Waals surface area contributed by atoms with Crippen LogP contribution in [-0.2, 0) is 71.1 Å². The van der Waals surface area contributed by atoms with E-state index in [1.54, 1.807) is 6.92 Å². The van der Waals surface area contributed by atoms with E-state index >= 15 is 0 Å². The third-order valence-corrected chi connectivity index (χ3v) is 20.4. The zero-order valence-corrected chi connectivity index (χ0v) is 42.9. The first-order valence-electron chi connectivity index (χ1n) is 28.6. The Balaban J connectivity index is 0.602. The number of carbonyl (C=O) groups is 1. The first-order valence-corrected chi connectivity index (χ1v) is 28.6. The van der Waals surface area contributed by atoms with Crippen LogP contribution in [0.5, 0.6) is 0 Å². The Morgan fingerprint density at radius 1 is 0.425 bits per heavy atom. The van der Waals surface area contributed by atoms with Crippen LogP contribution in [0.15, 0.2) is 11.6 Å². The second-order valence-electron chi connectivity index (χ2n) is 25.4. The molecule has 31 unspecified atom stereocenters. The number of ether oxygens (including phenoxy) is 14. The fourth-order valence-electron chi connectivity index (χ4n) is 16.5. The molecule has 3 N–H and O–H groups in total. The van der Waals surface area contributed by atoms with Crippen LogP contribution >= 0.6 is 0 Å². The van der Waals surface area contributed by atoms with Crippen molar-refractivity contribution in [1.29, 1.82) is 0 Å². The number of aldehydes is 1. The average Bonchev–Trinajstić information content (AvgIpc) is 3.41. The lowest BCUT2D eigenvalue weighted by atomic mass is 9.80. The van der Waals surface area contributed by atoms with Gasteiger partial charge in [-0.05, 0) is 65.4 Å². The van der Waals surface area contributed by atoms with Gasteiger partial charge in [0.05, 0.1) is 176 Å². The third kappa shape index (κ3) is 9.09. The SMILES string of the molecule is CC(C=O)=CCC1CC2OC3CC4OC5CC6OC7CCC8OC9CC%10OC%11CC%12(C)OC%13CC%14OC(C)C(O)CC%14OC%13CCC%12OC%11CC%10OC9CC8OC7(C)CC6OC5C(O)CC4OC3C(O)CC2O1. The summed E-state index contributed by atoms with van der Waals surface area (Å²) < 4.78 is 95.5. The minimum atomic E-state index is -0.837. The Morgan fingerprint density at radius 2 is 0.808 bits per heavy atom. The van der Waals surface area contributed by atoms with Gasteiger partial charge < -0.3 is 81.6 Å². The van der Waals surface area contributed by atoms with Gasteiger partial charge in [-0.25, -0.2) is 0 Å². The first-order chi connectivity index (χ1) is 35.2. The Hall–Kier alpha value is -1.27. The molecule has 14 saturated heterocycles. The number of rotatable bonds is 3. The Kier molecular flexibility index (Phi) is 13.2. The zero-order chi connectivity index (χ0) is 49.7. The first kappa shape index (κ1) is 50.0. The zero-order valence-electron chi connectivity index (χ0n) is 42.9. The third-order valence-electron chi connectivity index (χ3n) is 20.4. The van der Waals surface area contributed by atoms with Crippen molar-refractivity contribution in [1.82, 2.24) is 0 Å². The van der Waals surface area contributed by atoms with E-state index in [9.17, 15) is 20.1 Å². The molecule has 14 fully saturated rings. The van der Waals surface area contributed by atoms with Crippen molar-refractivity contribution in [2.75, 3.05) is 0 Å². The molecule has 0 radical (unpaired) electrons. The fourth-order valence-corrected chi connectivity index (χ4v) is 16.5. The summed E-state index contributed by atoms with van der Waals surface area (Å²) in [5.41, 5.74) is -0.494. The molecule has 0 bridgehead atoms. The van der Waals surface area contributed by atoms with E-state index in [4.69, 9.17) is 66.3 Å². The molecule has 73 heavy (non-hydrogen) atoms. The summed E-state index contributed by atoms with van der Waals surface area (Å²) in [6, 6.07) is 0. The molecule has 0 aromatic carbocycles. The van der Waals surface area contributed by atoms with Gasteiger partial charge in [0.15, 0.2) is 0 Å². The van der Waals surface area contributed by atoms with Gasteiger partial charge in [0, 0.05) is 77.0 Å². The van der Waals surface area contributed by atoms with Crippen molar-refractivity contribution < 1.29 is 86.4 Å². The predicted molar refractivity (Wildman–Crippen MR) is 252 cm³/mol. The number of aliphatic hydroxyl groups is 3. The van der Waals surface area contributed by atoms with Gasteiger partial charge in [-0.3, -0.25) is 4.79 Å². The summed E-state index contributed by atoms with van der Waals surface area (Å²) in [6.07, 6.45) is 6.26. The smallest absolute Gasteiger partial charge is 0.145 e. The number of hydrogen-bond donors (Lipinski definition) is 3. The second-order valence-corrected chi connectivity index (χ2v) is 25.4. The summed E-state index contributed by atoms with van der Waals surface area (Å²) in [4.78, 5) is 11.2. The van der Waals surface area contributed by atoms with Crippen LogP contribution in [0.3, 0.4) is 0 Å². The minimum absolute atomic E-state index is 0.0583. The maximum absolute atomic E-state index is 11.8. The molecular formula is C55H80O18. The molecule has 14 aliphatic rings. The van der Waals surface area contributed by atoms with Gasteiger partial charge in [-0.2, -0.15) is 0 Å². The van der Waals surface area contributed by atoms with Gasteiger partial charge >= 0.3 is 0 Å². The molecule has 18 nitrogen and oxygen atoms in total. The monoisotopic (exact) mass is 1030 g/mol. The van der Waals surface area contributed by atoms with Gasteiger partial charge in [0.25, 0.3) is 0 Å². The van der Waals surface area contributed by atoms with E-state index in [0.29, 0.717) is 56.9 Å². The summed E-state index contributed by atoms with van der Waals surface area (Å²) in [5.74, 6) is 0. The Labute approximate surface area is 428 Å². The van der Waals surface area contributed by atoms with Gasteiger partial charge in [0.1, 0.15) is 18.5 Å². The number of carbonyl (C=O) groups excluding carboxylic acids is 1. The largest absolute Gasteiger partial charge is 0.390 e. The highest BCUT2D eigenvalue weighted by atomic mass is 16.7. The molecule has 0 aliphatic carbocycles. The van der Waals surface area contributed by atoms with Gasteiger partial charge in [-0.1, -0.05) is 6.08 Å². The van der Waals surface area contributed by atoms with Crippen LogP contribution in [0.2, 0.25) is 0 Å². The van der Waals surface area contributed by atoms with Crippen molar-refractivity contribution in [2.24, 2.45) is 0 Å². The predicted octanol–water partition coefficient (Wildman–Crippen LogP) is 3.39. The molecule has 14 rings (SSSR count). The highest BCUT2D eigenvalue weighted by molar-refractivity contribution is 5.71. The molecular weight excluding hydrogens is 949 g/mol. The normalized spacial score (nSPS) is 59.3. The molecule has 18 heteroatoms. The van der Waals surface area contributed by atoms with Crippen molar-refractivity contribution >= 4 is 6.29 Å². The Morgan fingerprint density at radius 3 is 1.37 bits per heavy atom. The Bertz CT molecular complexity index is 2060. The van der Waals surface area contributed by atoms with E-state index in [1.165, 1.54) is 0 Å². The molecule has 0 amide bonds. The maximum atomic E-state index is 11.8. The van der Waals surface area contributed by atoms with E-state index in [0.717, 1.165) is 64.1 Å². The lowest BCUT2D eigenvalue weighted by Gasteiger charge is -2.56. The van der Waals surface area contributed by atoms with Crippen LogP contribution < -0.4 is 0 Å². The van der Waals surface area contributed by atoms with Crippen molar-refractivity contribution in [3.8, 4) is 0 Å². The van der Waals surface area contributed by atoms with Crippen LogP contribution in [0.1, 0.15) is 137 Å². The van der Waals surface area contributed by atoms with E-state index in [2.05, 4.69) is 13.8 Å². The van der Waals surface area contributed by atoms with Gasteiger partial charge in [0.2, 0.25) is 0 Å². The topological polar surface area (TPSA) is 207 Å². The quantitative estimate of drug-likeness (QED) is 0.274. The molecule has 14 aliphatic heterocycles. The molecule has 408 valence electrons. The lowest BCUT2D eigenvalue weighted by Crippen LogP contribution is -2.65. The van der Waals surface area contributed by atoms with E-state index in [-0.39, 0.29) is 128 Å². The molecule has 31 atom stereocenters. The summed E-state index contributed by atoms with van der Waals surface area (Å²) in [6.45, 7) is 8.07. The minimum Gasteiger partial charge on any atom is -0.390 e. The van der Waals surface area contributed by atoms with Crippen LogP contribution in [0, 0.1) is 0 Å². The molecule has 0 aromatic rings. The number of hydrogen-bond acceptors (Lipinski definition) is 18. The van der Waals surface area contributed by atoms with Crippen molar-refractivity contribution in [3.05, 3.63) is 11.6 Å². The maximum Gasteiger partial charge on any atom is 0.145 e. The average molecular weight is 1030 g/mol. The fraction of sp³-hybridized carbons (Fsp3) is 0.945. The van der Waals surface area contributed by atoms with Crippen LogP contribution in [0.25, 0.3) is 0 Å². The van der Waals surface area contributed by atoms with Crippen molar-refractivity contribution in [2.45, 2.75) is 325 Å². The lowest BCUT2D eigenvalue weighted by molar-refractivity contribution is -0.329. The summed E-state index contributed by atoms with van der Waals surface area (Å²) in [5, 5.41) is 33.8. The number of aliphatic hydroxyl groups excluding tert-OH is 3. The second kappa shape index (κ2) is 19.2. The van der Waals surface area contributed by atoms with Gasteiger partial charge in [-0.15, -0.1) is 0 Å². The summed E-state index contributed by atoms with van der Waals surface area (Å²) >= 11 is 0. The highest BCUT2D eigenvalue weighted by Gasteiger charge is 2.62. The van der Waals surface area contributed by atoms with E-state index < -0.39 is 60.0 Å².